The zero-order valence-corrected chi connectivity index (χ0v) is 9.11. The third-order valence-corrected chi connectivity index (χ3v) is 5.42. The Morgan fingerprint density at radius 1 is 1.20 bits per heavy atom. The van der Waals surface area contributed by atoms with Crippen LogP contribution in [0.1, 0.15) is 12.8 Å². The van der Waals surface area contributed by atoms with E-state index in [0.29, 0.717) is 12.8 Å². The maximum Gasteiger partial charge on any atom is 0.306 e. The van der Waals surface area contributed by atoms with Crippen LogP contribution >= 0.6 is 0 Å². The molecule has 2 unspecified atom stereocenters. The molecule has 5 nitrogen and oxygen atoms in total. The molecule has 1 saturated carbocycles. The lowest BCUT2D eigenvalue weighted by Crippen LogP contribution is -2.54. The number of fused-ring (bicyclic) bond motifs is 2. The fourth-order valence-electron chi connectivity index (χ4n) is 2.81. The van der Waals surface area contributed by atoms with Crippen LogP contribution in [0.15, 0.2) is 0 Å². The lowest BCUT2D eigenvalue weighted by Gasteiger charge is -2.42. The molecule has 2 aliphatic rings. The lowest BCUT2D eigenvalue weighted by molar-refractivity contribution is -0.144. The van der Waals surface area contributed by atoms with Crippen molar-refractivity contribution in [3.05, 3.63) is 0 Å². The normalized spacial score (nSPS) is 43.5. The van der Waals surface area contributed by atoms with E-state index < -0.39 is 21.7 Å². The fourth-order valence-corrected chi connectivity index (χ4v) is 4.96. The molecular weight excluding hydrogens is 218 g/mol. The van der Waals surface area contributed by atoms with Crippen LogP contribution in [-0.4, -0.2) is 37.0 Å². The first-order valence-corrected chi connectivity index (χ1v) is 6.90. The minimum atomic E-state index is -3.00. The molecule has 1 aliphatic heterocycles. The summed E-state index contributed by atoms with van der Waals surface area (Å²) < 4.78 is 23.0. The van der Waals surface area contributed by atoms with E-state index in [1.807, 2.05) is 0 Å². The summed E-state index contributed by atoms with van der Waals surface area (Å²) in [4.78, 5) is 10.9. The van der Waals surface area contributed by atoms with E-state index in [4.69, 9.17) is 10.8 Å². The van der Waals surface area contributed by atoms with Crippen molar-refractivity contribution in [3.8, 4) is 0 Å². The Hall–Kier alpha value is -0.620. The van der Waals surface area contributed by atoms with Gasteiger partial charge in [-0.05, 0) is 24.7 Å². The minimum Gasteiger partial charge on any atom is -0.481 e. The molecule has 2 bridgehead atoms. The molecular formula is C9H15NO4S. The van der Waals surface area contributed by atoms with Crippen LogP contribution in [0.5, 0.6) is 0 Å². The van der Waals surface area contributed by atoms with Gasteiger partial charge in [0.2, 0.25) is 0 Å². The van der Waals surface area contributed by atoms with Crippen molar-refractivity contribution in [1.29, 1.82) is 0 Å². The Balaban J connectivity index is 2.21. The van der Waals surface area contributed by atoms with E-state index in [9.17, 15) is 13.2 Å². The van der Waals surface area contributed by atoms with Gasteiger partial charge in [-0.25, -0.2) is 8.42 Å². The summed E-state index contributed by atoms with van der Waals surface area (Å²) in [7, 11) is -3.00. The van der Waals surface area contributed by atoms with E-state index in [1.54, 1.807) is 0 Å². The molecule has 0 aromatic rings. The van der Waals surface area contributed by atoms with Gasteiger partial charge < -0.3 is 10.8 Å². The predicted octanol–water partition coefficient (Wildman–Crippen LogP) is -0.531. The molecule has 86 valence electrons. The number of rotatable bonds is 1. The smallest absolute Gasteiger partial charge is 0.306 e. The van der Waals surface area contributed by atoms with E-state index in [0.717, 1.165) is 0 Å². The quantitative estimate of drug-likeness (QED) is 0.634. The van der Waals surface area contributed by atoms with Crippen molar-refractivity contribution < 1.29 is 18.3 Å². The number of sulfone groups is 1. The molecule has 2 rings (SSSR count). The highest BCUT2D eigenvalue weighted by molar-refractivity contribution is 7.91. The Morgan fingerprint density at radius 3 is 2.07 bits per heavy atom. The maximum atomic E-state index is 11.5. The highest BCUT2D eigenvalue weighted by Gasteiger charge is 2.45. The molecule has 2 fully saturated rings. The molecule has 1 aliphatic carbocycles. The minimum absolute atomic E-state index is 0.0639. The van der Waals surface area contributed by atoms with Gasteiger partial charge in [-0.3, -0.25) is 4.79 Å². The Morgan fingerprint density at radius 2 is 1.67 bits per heavy atom. The zero-order valence-electron chi connectivity index (χ0n) is 8.30. The predicted molar refractivity (Wildman–Crippen MR) is 54.0 cm³/mol. The van der Waals surface area contributed by atoms with Gasteiger partial charge in [0.05, 0.1) is 17.4 Å². The van der Waals surface area contributed by atoms with Crippen LogP contribution in [0.4, 0.5) is 0 Å². The highest BCUT2D eigenvalue weighted by atomic mass is 32.2. The average molecular weight is 233 g/mol. The molecule has 3 N–H and O–H groups in total. The SMILES string of the molecule is NC1C2CC(C(=O)O)CC1CS(=O)(=O)C2. The second-order valence-electron chi connectivity index (χ2n) is 4.68. The number of aliphatic carboxylic acids is 1. The van der Waals surface area contributed by atoms with Gasteiger partial charge in [0.1, 0.15) is 0 Å². The first-order valence-electron chi connectivity index (χ1n) is 5.08. The van der Waals surface area contributed by atoms with Crippen molar-refractivity contribution in [2.75, 3.05) is 11.5 Å². The number of carbonyl (C=O) groups is 1. The Bertz CT molecular complexity index is 356. The second-order valence-corrected chi connectivity index (χ2v) is 6.83. The standard InChI is InChI=1S/C9H15NO4S/c10-8-6-1-5(9(11)12)2-7(8)4-15(13,14)3-6/h5-8H,1-4,10H2,(H,11,12). The van der Waals surface area contributed by atoms with E-state index >= 15 is 0 Å². The first kappa shape index (κ1) is 10.9. The molecule has 6 heteroatoms. The topological polar surface area (TPSA) is 97.5 Å². The van der Waals surface area contributed by atoms with Gasteiger partial charge >= 0.3 is 5.97 Å². The summed E-state index contributed by atoms with van der Waals surface area (Å²) in [5.74, 6) is -1.43. The van der Waals surface area contributed by atoms with Crippen molar-refractivity contribution >= 4 is 15.8 Å². The molecule has 2 atom stereocenters. The van der Waals surface area contributed by atoms with Crippen molar-refractivity contribution in [1.82, 2.24) is 0 Å². The summed E-state index contributed by atoms with van der Waals surface area (Å²) in [5, 5.41) is 8.92. The number of carboxylic acids is 1. The van der Waals surface area contributed by atoms with Gasteiger partial charge in [-0.15, -0.1) is 0 Å². The third-order valence-electron chi connectivity index (χ3n) is 3.55. The van der Waals surface area contributed by atoms with E-state index in [-0.39, 0.29) is 29.4 Å². The number of carboxylic acid groups (broad SMARTS) is 1. The fraction of sp³-hybridized carbons (Fsp3) is 0.889. The highest BCUT2D eigenvalue weighted by Crippen LogP contribution is 2.38. The van der Waals surface area contributed by atoms with Gasteiger partial charge in [0, 0.05) is 6.04 Å². The van der Waals surface area contributed by atoms with E-state index in [1.165, 1.54) is 0 Å². The van der Waals surface area contributed by atoms with Gasteiger partial charge in [0.25, 0.3) is 0 Å². The third kappa shape index (κ3) is 2.01. The summed E-state index contributed by atoms with van der Waals surface area (Å²) in [6.45, 7) is 0. The van der Waals surface area contributed by atoms with Crippen LogP contribution in [-0.2, 0) is 14.6 Å². The van der Waals surface area contributed by atoms with Gasteiger partial charge in [-0.1, -0.05) is 0 Å². The van der Waals surface area contributed by atoms with Crippen LogP contribution in [0.2, 0.25) is 0 Å². The largest absolute Gasteiger partial charge is 0.481 e. The summed E-state index contributed by atoms with van der Waals surface area (Å²) >= 11 is 0. The maximum absolute atomic E-state index is 11.5. The number of hydrogen-bond donors (Lipinski definition) is 2. The Labute approximate surface area is 88.6 Å². The zero-order chi connectivity index (χ0) is 11.2. The summed E-state index contributed by atoms with van der Waals surface area (Å²) in [6.07, 6.45) is 0.818. The number of nitrogens with two attached hydrogens (primary N) is 1. The van der Waals surface area contributed by atoms with Gasteiger partial charge in [0.15, 0.2) is 9.84 Å². The van der Waals surface area contributed by atoms with Gasteiger partial charge in [-0.2, -0.15) is 0 Å². The van der Waals surface area contributed by atoms with Crippen molar-refractivity contribution in [2.45, 2.75) is 18.9 Å². The molecule has 0 aromatic carbocycles. The second kappa shape index (κ2) is 3.45. The van der Waals surface area contributed by atoms with Crippen LogP contribution < -0.4 is 5.73 Å². The molecule has 0 amide bonds. The molecule has 0 spiro atoms. The molecule has 1 heterocycles. The lowest BCUT2D eigenvalue weighted by atomic mass is 9.73. The summed E-state index contributed by atoms with van der Waals surface area (Å²) in [6, 6.07) is -0.135. The molecule has 15 heavy (non-hydrogen) atoms. The monoisotopic (exact) mass is 233 g/mol. The van der Waals surface area contributed by atoms with Crippen LogP contribution in [0.3, 0.4) is 0 Å². The van der Waals surface area contributed by atoms with Crippen molar-refractivity contribution in [3.63, 3.8) is 0 Å². The van der Waals surface area contributed by atoms with E-state index in [2.05, 4.69) is 0 Å². The van der Waals surface area contributed by atoms with Crippen LogP contribution in [0, 0.1) is 17.8 Å². The van der Waals surface area contributed by atoms with Crippen molar-refractivity contribution in [2.24, 2.45) is 23.5 Å². The number of hydrogen-bond acceptors (Lipinski definition) is 4. The average Bonchev–Trinajstić information content (AvgIpc) is 2.07. The molecule has 0 aromatic heterocycles. The Kier molecular flexibility index (Phi) is 2.50. The first-order chi connectivity index (χ1) is 6.89. The summed E-state index contributed by atoms with van der Waals surface area (Å²) in [5.41, 5.74) is 5.91. The molecule has 0 radical (unpaired) electrons. The van der Waals surface area contributed by atoms with Crippen LogP contribution in [0.25, 0.3) is 0 Å². The molecule has 1 saturated heterocycles.